The van der Waals surface area contributed by atoms with Crippen molar-refractivity contribution in [1.82, 2.24) is 0 Å². The fourth-order valence-electron chi connectivity index (χ4n) is 5.36. The second kappa shape index (κ2) is 8.84. The third-order valence-electron chi connectivity index (χ3n) is 7.62. The van der Waals surface area contributed by atoms with Crippen molar-refractivity contribution >= 4 is 11.9 Å². The van der Waals surface area contributed by atoms with Crippen molar-refractivity contribution in [2.45, 2.75) is 72.0 Å². The van der Waals surface area contributed by atoms with Crippen molar-refractivity contribution in [3.63, 3.8) is 0 Å². The first kappa shape index (κ1) is 23.0. The lowest BCUT2D eigenvalue weighted by atomic mass is 9.65. The van der Waals surface area contributed by atoms with Gasteiger partial charge in [-0.05, 0) is 78.2 Å². The number of Topliss-reactive ketones (excluding diaryl/α,β-unsaturated/α-hetero) is 1. The number of quaternary nitrogens is 1. The van der Waals surface area contributed by atoms with Gasteiger partial charge in [-0.3, -0.25) is 4.79 Å². The predicted molar refractivity (Wildman–Crippen MR) is 123 cm³/mol. The monoisotopic (exact) mass is 414 g/mol. The Hall–Kier alpha value is -1.65. The fraction of sp³-hybridized carbons (Fsp3) is 0.654. The molecule has 3 fully saturated rings. The number of ketones is 1. The van der Waals surface area contributed by atoms with E-state index in [9.17, 15) is 4.79 Å². The third-order valence-corrected chi connectivity index (χ3v) is 7.62. The first-order valence-electron chi connectivity index (χ1n) is 11.7. The maximum Gasteiger partial charge on any atom is 0.190 e. The van der Waals surface area contributed by atoms with Gasteiger partial charge in [0.05, 0.1) is 38.4 Å². The molecule has 2 bridgehead atoms. The summed E-state index contributed by atoms with van der Waals surface area (Å²) in [7, 11) is 0. The summed E-state index contributed by atoms with van der Waals surface area (Å²) in [5, 5.41) is 0. The number of benzene rings is 1. The molecule has 2 aliphatic heterocycles. The van der Waals surface area contributed by atoms with Gasteiger partial charge >= 0.3 is 0 Å². The van der Waals surface area contributed by atoms with Gasteiger partial charge in [0, 0.05) is 17.9 Å². The van der Waals surface area contributed by atoms with Crippen LogP contribution < -0.4 is 4.74 Å². The molecule has 30 heavy (non-hydrogen) atoms. The molecule has 2 saturated heterocycles. The van der Waals surface area contributed by atoms with E-state index in [1.807, 2.05) is 19.1 Å². The molecule has 0 N–H and O–H groups in total. The van der Waals surface area contributed by atoms with Crippen LogP contribution in [0.25, 0.3) is 6.08 Å². The molecule has 1 aromatic carbocycles. The molecule has 0 radical (unpaired) electrons. The summed E-state index contributed by atoms with van der Waals surface area (Å²) in [6.45, 7) is 18.4. The average Bonchev–Trinajstić information content (AvgIpc) is 2.72. The maximum atomic E-state index is 13.0. The van der Waals surface area contributed by atoms with E-state index < -0.39 is 5.60 Å². The second-order valence-electron chi connectivity index (χ2n) is 9.74. The first-order chi connectivity index (χ1) is 14.2. The van der Waals surface area contributed by atoms with Gasteiger partial charge in [0.1, 0.15) is 11.4 Å². The zero-order valence-corrected chi connectivity index (χ0v) is 19.8. The Kier molecular flexibility index (Phi) is 6.78. The van der Waals surface area contributed by atoms with E-state index in [1.165, 1.54) is 19.6 Å². The highest BCUT2D eigenvalue weighted by molar-refractivity contribution is 6.07. The largest absolute Gasteiger partial charge is 0.493 e. The van der Waals surface area contributed by atoms with Gasteiger partial charge in [0.15, 0.2) is 5.78 Å². The summed E-state index contributed by atoms with van der Waals surface area (Å²) < 4.78 is 13.3. The minimum absolute atomic E-state index is 0.155. The number of nitrogens with zero attached hydrogens (tertiary/aromatic N) is 1. The summed E-state index contributed by atoms with van der Waals surface area (Å²) >= 11 is 0. The molecule has 0 spiro atoms. The lowest BCUT2D eigenvalue weighted by Crippen LogP contribution is -2.60. The molecule has 1 aliphatic carbocycles. The molecule has 3 aliphatic rings. The van der Waals surface area contributed by atoms with E-state index in [4.69, 9.17) is 9.47 Å². The van der Waals surface area contributed by atoms with Crippen LogP contribution in [-0.4, -0.2) is 54.3 Å². The zero-order valence-electron chi connectivity index (χ0n) is 19.8. The highest BCUT2D eigenvalue weighted by atomic mass is 16.5. The van der Waals surface area contributed by atoms with Crippen LogP contribution >= 0.6 is 0 Å². The lowest BCUT2D eigenvalue weighted by Gasteiger charge is -2.53. The van der Waals surface area contributed by atoms with Crippen molar-refractivity contribution in [1.29, 1.82) is 0 Å². The second-order valence-corrected chi connectivity index (χ2v) is 9.74. The van der Waals surface area contributed by atoms with Crippen molar-refractivity contribution in [2.75, 3.05) is 32.8 Å². The van der Waals surface area contributed by atoms with Gasteiger partial charge in [-0.25, -0.2) is 0 Å². The maximum absolute atomic E-state index is 13.0. The van der Waals surface area contributed by atoms with Crippen LogP contribution in [0.3, 0.4) is 0 Å². The molecular weight excluding hydrogens is 374 g/mol. The molecule has 166 valence electrons. The Morgan fingerprint density at radius 3 is 2.30 bits per heavy atom. The molecule has 4 rings (SSSR count). The molecule has 0 amide bonds. The average molecular weight is 415 g/mol. The fourth-order valence-corrected chi connectivity index (χ4v) is 5.36. The number of hydrogen-bond donors (Lipinski definition) is 0. The Bertz CT molecular complexity index is 768. The van der Waals surface area contributed by atoms with Crippen molar-refractivity contribution in [2.24, 2.45) is 5.92 Å². The van der Waals surface area contributed by atoms with E-state index in [1.54, 1.807) is 0 Å². The Labute approximate surface area is 182 Å². The third kappa shape index (κ3) is 4.50. The SMILES string of the molecule is CC[N+](CC)(CC)CCCOc1ccc(/C=C2\C(=O)C3(C)CCC2C(C)(C)O3)cc1. The molecule has 0 aromatic heterocycles. The van der Waals surface area contributed by atoms with Crippen LogP contribution in [0.4, 0.5) is 0 Å². The van der Waals surface area contributed by atoms with Crippen molar-refractivity contribution in [3.8, 4) is 5.75 Å². The Morgan fingerprint density at radius 1 is 1.10 bits per heavy atom. The van der Waals surface area contributed by atoms with Crippen LogP contribution in [0.1, 0.15) is 66.4 Å². The molecule has 4 nitrogen and oxygen atoms in total. The number of hydrogen-bond acceptors (Lipinski definition) is 3. The summed E-state index contributed by atoms with van der Waals surface area (Å²) in [6, 6.07) is 8.14. The number of fused-ring (bicyclic) bond motifs is 3. The molecular formula is C26H40NO3+. The molecule has 4 heteroatoms. The van der Waals surface area contributed by atoms with Crippen LogP contribution in [0, 0.1) is 5.92 Å². The number of rotatable bonds is 9. The molecule has 2 unspecified atom stereocenters. The van der Waals surface area contributed by atoms with Crippen LogP contribution in [0.2, 0.25) is 0 Å². The zero-order chi connectivity index (χ0) is 22.0. The van der Waals surface area contributed by atoms with Gasteiger partial charge in [0.25, 0.3) is 0 Å². The molecule has 1 saturated carbocycles. The summed E-state index contributed by atoms with van der Waals surface area (Å²) in [6.07, 6.45) is 4.95. The van der Waals surface area contributed by atoms with Crippen molar-refractivity contribution in [3.05, 3.63) is 35.4 Å². The molecule has 2 heterocycles. The van der Waals surface area contributed by atoms with Crippen LogP contribution in [-0.2, 0) is 9.53 Å². The number of carbonyl (C=O) groups excluding carboxylic acids is 1. The highest BCUT2D eigenvalue weighted by Gasteiger charge is 2.56. The van der Waals surface area contributed by atoms with Gasteiger partial charge in [-0.2, -0.15) is 0 Å². The summed E-state index contributed by atoms with van der Waals surface area (Å²) in [4.78, 5) is 13.0. The van der Waals surface area contributed by atoms with Crippen molar-refractivity contribution < 1.29 is 18.8 Å². The topological polar surface area (TPSA) is 35.5 Å². The molecule has 1 aromatic rings. The predicted octanol–water partition coefficient (Wildman–Crippen LogP) is 5.26. The van der Waals surface area contributed by atoms with Gasteiger partial charge < -0.3 is 14.0 Å². The first-order valence-corrected chi connectivity index (χ1v) is 11.7. The normalized spacial score (nSPS) is 26.9. The van der Waals surface area contributed by atoms with Crippen LogP contribution in [0.15, 0.2) is 29.8 Å². The highest BCUT2D eigenvalue weighted by Crippen LogP contribution is 2.50. The number of carbonyl (C=O) groups is 1. The van der Waals surface area contributed by atoms with Gasteiger partial charge in [-0.15, -0.1) is 0 Å². The van der Waals surface area contributed by atoms with E-state index in [2.05, 4.69) is 52.8 Å². The van der Waals surface area contributed by atoms with E-state index in [0.717, 1.165) is 53.8 Å². The minimum Gasteiger partial charge on any atom is -0.493 e. The van der Waals surface area contributed by atoms with E-state index in [-0.39, 0.29) is 17.3 Å². The quantitative estimate of drug-likeness (QED) is 0.314. The van der Waals surface area contributed by atoms with E-state index in [0.29, 0.717) is 0 Å². The minimum atomic E-state index is -0.670. The lowest BCUT2D eigenvalue weighted by molar-refractivity contribution is -0.923. The smallest absolute Gasteiger partial charge is 0.190 e. The summed E-state index contributed by atoms with van der Waals surface area (Å²) in [5.41, 5.74) is 1.01. The Balaban J connectivity index is 1.62. The van der Waals surface area contributed by atoms with E-state index >= 15 is 0 Å². The molecule has 2 atom stereocenters. The summed E-state index contributed by atoms with van der Waals surface area (Å²) in [5.74, 6) is 1.21. The number of ether oxygens (including phenoxy) is 2. The van der Waals surface area contributed by atoms with Gasteiger partial charge in [0.2, 0.25) is 0 Å². The van der Waals surface area contributed by atoms with Gasteiger partial charge in [-0.1, -0.05) is 12.1 Å². The Morgan fingerprint density at radius 2 is 1.73 bits per heavy atom. The standard InChI is InChI=1S/C26H40NO3/c1-7-27(8-2,9-3)17-10-18-29-21-13-11-20(12-14-21)19-22-23-15-16-26(6,24(22)28)30-25(23,4)5/h11-14,19,23H,7-10,15-18H2,1-6H3/q+1/b22-19-. The van der Waals surface area contributed by atoms with Crippen LogP contribution in [0.5, 0.6) is 5.75 Å².